The largest absolute Gasteiger partial charge is 0.488 e. The van der Waals surface area contributed by atoms with Gasteiger partial charge in [-0.3, -0.25) is 4.79 Å². The zero-order valence-electron chi connectivity index (χ0n) is 23.3. The molecule has 1 amide bonds. The number of nitrogens with two attached hydrogens (primary N) is 1. The average molecular weight is 586 g/mol. The molecule has 41 heavy (non-hydrogen) atoms. The third-order valence-corrected chi connectivity index (χ3v) is 8.42. The summed E-state index contributed by atoms with van der Waals surface area (Å²) in [7, 11) is 0. The Morgan fingerprint density at radius 1 is 1.17 bits per heavy atom. The van der Waals surface area contributed by atoms with Crippen molar-refractivity contribution in [3.63, 3.8) is 0 Å². The first kappa shape index (κ1) is 29.3. The standard InChI is InChI=1S/C32H34ClF2NO5/c1-4-32(20-10-6-5-7-11-20)19(3)26-24(41-32)16-22(34)29(33)28(26)27-21(31(36)37)13-14-23(30(27)35)39-17-18(2)40-25-12-8-9-15-38-25/h5-7,10-11,13-14,16,18-19,25H,4,8-9,12,15,17H2,1-3H3,(H2,36,37)/t18-,19-,25?,32-/m0/s1. The molecule has 1 unspecified atom stereocenters. The first-order valence-corrected chi connectivity index (χ1v) is 14.3. The topological polar surface area (TPSA) is 80.0 Å². The Morgan fingerprint density at radius 2 is 1.93 bits per heavy atom. The van der Waals surface area contributed by atoms with Gasteiger partial charge < -0.3 is 24.7 Å². The molecule has 0 radical (unpaired) electrons. The molecule has 2 aliphatic heterocycles. The molecular formula is C32H34ClF2NO5. The summed E-state index contributed by atoms with van der Waals surface area (Å²) in [6.07, 6.45) is 2.59. The lowest BCUT2D eigenvalue weighted by atomic mass is 9.76. The van der Waals surface area contributed by atoms with E-state index in [9.17, 15) is 4.79 Å². The minimum absolute atomic E-state index is 0.0214. The van der Waals surface area contributed by atoms with Gasteiger partial charge in [0.15, 0.2) is 17.9 Å². The van der Waals surface area contributed by atoms with Crippen molar-refractivity contribution in [3.8, 4) is 22.6 Å². The Bertz CT molecular complexity index is 1430. The fourth-order valence-electron chi connectivity index (χ4n) is 5.95. The number of rotatable bonds is 9. The van der Waals surface area contributed by atoms with Crippen LogP contribution >= 0.6 is 11.6 Å². The van der Waals surface area contributed by atoms with Crippen LogP contribution in [-0.2, 0) is 15.1 Å². The number of carbonyl (C=O) groups excluding carboxylic acids is 1. The maximum Gasteiger partial charge on any atom is 0.249 e. The third-order valence-electron chi connectivity index (χ3n) is 8.05. The predicted octanol–water partition coefficient (Wildman–Crippen LogP) is 7.50. The summed E-state index contributed by atoms with van der Waals surface area (Å²) < 4.78 is 55.5. The summed E-state index contributed by atoms with van der Waals surface area (Å²) in [5, 5.41) is -0.330. The van der Waals surface area contributed by atoms with E-state index in [1.54, 1.807) is 6.92 Å². The van der Waals surface area contributed by atoms with Gasteiger partial charge in [0.2, 0.25) is 5.91 Å². The molecule has 1 saturated heterocycles. The molecule has 0 aromatic heterocycles. The zero-order valence-corrected chi connectivity index (χ0v) is 24.1. The van der Waals surface area contributed by atoms with E-state index in [2.05, 4.69) is 0 Å². The number of ether oxygens (including phenoxy) is 4. The molecule has 0 spiro atoms. The Kier molecular flexibility index (Phi) is 8.55. The number of hydrogen-bond donors (Lipinski definition) is 1. The van der Waals surface area contributed by atoms with Gasteiger partial charge in [-0.25, -0.2) is 8.78 Å². The van der Waals surface area contributed by atoms with Gasteiger partial charge in [0.1, 0.15) is 23.8 Å². The van der Waals surface area contributed by atoms with Gasteiger partial charge in [0.05, 0.1) is 16.7 Å². The highest BCUT2D eigenvalue weighted by Crippen LogP contribution is 2.57. The van der Waals surface area contributed by atoms with Crippen molar-refractivity contribution in [2.24, 2.45) is 5.73 Å². The summed E-state index contributed by atoms with van der Waals surface area (Å²) in [6, 6.07) is 13.5. The number of carbonyl (C=O) groups is 1. The predicted molar refractivity (Wildman–Crippen MR) is 152 cm³/mol. The van der Waals surface area contributed by atoms with E-state index in [-0.39, 0.29) is 52.0 Å². The average Bonchev–Trinajstić information content (AvgIpc) is 3.25. The van der Waals surface area contributed by atoms with E-state index in [4.69, 9.17) is 36.3 Å². The number of fused-ring (bicyclic) bond motifs is 1. The van der Waals surface area contributed by atoms with Gasteiger partial charge in [-0.2, -0.15) is 0 Å². The molecular weight excluding hydrogens is 552 g/mol. The van der Waals surface area contributed by atoms with Crippen molar-refractivity contribution in [2.75, 3.05) is 13.2 Å². The van der Waals surface area contributed by atoms with Crippen molar-refractivity contribution in [1.29, 1.82) is 0 Å². The molecule has 0 bridgehead atoms. The van der Waals surface area contributed by atoms with E-state index in [0.29, 0.717) is 18.6 Å². The van der Waals surface area contributed by atoms with Crippen LogP contribution in [0.3, 0.4) is 0 Å². The second kappa shape index (κ2) is 12.0. The molecule has 3 aromatic rings. The van der Waals surface area contributed by atoms with Gasteiger partial charge >= 0.3 is 0 Å². The van der Waals surface area contributed by atoms with Crippen LogP contribution in [0.2, 0.25) is 5.02 Å². The zero-order chi connectivity index (χ0) is 29.3. The van der Waals surface area contributed by atoms with E-state index in [1.165, 1.54) is 18.2 Å². The van der Waals surface area contributed by atoms with Gasteiger partial charge in [-0.15, -0.1) is 0 Å². The van der Waals surface area contributed by atoms with Crippen LogP contribution in [0.15, 0.2) is 48.5 Å². The molecule has 2 N–H and O–H groups in total. The summed E-state index contributed by atoms with van der Waals surface area (Å²) in [5.41, 5.74) is 5.86. The van der Waals surface area contributed by atoms with Crippen molar-refractivity contribution < 1.29 is 32.5 Å². The van der Waals surface area contributed by atoms with E-state index >= 15 is 8.78 Å². The fraction of sp³-hybridized carbons (Fsp3) is 0.406. The number of primary amides is 1. The molecule has 6 nitrogen and oxygen atoms in total. The second-order valence-electron chi connectivity index (χ2n) is 10.6. The first-order valence-electron chi connectivity index (χ1n) is 14.0. The summed E-state index contributed by atoms with van der Waals surface area (Å²) in [4.78, 5) is 12.5. The van der Waals surface area contributed by atoms with Crippen LogP contribution in [0.4, 0.5) is 8.78 Å². The molecule has 2 heterocycles. The van der Waals surface area contributed by atoms with E-state index in [0.717, 1.165) is 24.8 Å². The molecule has 9 heteroatoms. The van der Waals surface area contributed by atoms with Crippen molar-refractivity contribution >= 4 is 17.5 Å². The number of benzene rings is 3. The Labute approximate surface area is 243 Å². The molecule has 3 aromatic carbocycles. The smallest absolute Gasteiger partial charge is 0.249 e. The Morgan fingerprint density at radius 3 is 2.59 bits per heavy atom. The lowest BCUT2D eigenvalue weighted by molar-refractivity contribution is -0.189. The highest BCUT2D eigenvalue weighted by molar-refractivity contribution is 6.34. The molecule has 2 aliphatic rings. The summed E-state index contributed by atoms with van der Waals surface area (Å²) >= 11 is 6.57. The van der Waals surface area contributed by atoms with Crippen molar-refractivity contribution in [2.45, 2.75) is 70.4 Å². The Hall–Kier alpha value is -3.20. The lowest BCUT2D eigenvalue weighted by Gasteiger charge is -2.33. The SMILES string of the molecule is CC[C@]1(c2ccccc2)Oc2cc(F)c(Cl)c(-c3c(C(N)=O)ccc(OC[C@H](C)OC4CCCCO4)c3F)c2[C@@H]1C. The monoisotopic (exact) mass is 585 g/mol. The normalized spacial score (nSPS) is 22.6. The van der Waals surface area contributed by atoms with E-state index < -0.39 is 29.2 Å². The van der Waals surface area contributed by atoms with Crippen LogP contribution in [0, 0.1) is 11.6 Å². The first-order chi connectivity index (χ1) is 19.7. The van der Waals surface area contributed by atoms with Crippen molar-refractivity contribution in [1.82, 2.24) is 0 Å². The molecule has 218 valence electrons. The van der Waals surface area contributed by atoms with E-state index in [1.807, 2.05) is 44.2 Å². The summed E-state index contributed by atoms with van der Waals surface area (Å²) in [6.45, 7) is 6.35. The number of halogens is 3. The highest BCUT2D eigenvalue weighted by atomic mass is 35.5. The quantitative estimate of drug-likeness (QED) is 0.281. The maximum atomic E-state index is 16.4. The van der Waals surface area contributed by atoms with Gasteiger partial charge in [0.25, 0.3) is 0 Å². The minimum Gasteiger partial charge on any atom is -0.488 e. The van der Waals surface area contributed by atoms with Crippen LogP contribution in [0.25, 0.3) is 11.1 Å². The van der Waals surface area contributed by atoms with Gasteiger partial charge in [-0.05, 0) is 50.3 Å². The lowest BCUT2D eigenvalue weighted by Crippen LogP contribution is -2.33. The number of hydrogen-bond acceptors (Lipinski definition) is 5. The molecule has 1 fully saturated rings. The van der Waals surface area contributed by atoms with Crippen LogP contribution in [0.1, 0.15) is 73.9 Å². The maximum absolute atomic E-state index is 16.4. The van der Waals surface area contributed by atoms with Gasteiger partial charge in [-0.1, -0.05) is 55.8 Å². The molecule has 4 atom stereocenters. The summed E-state index contributed by atoms with van der Waals surface area (Å²) in [5.74, 6) is -2.86. The number of amides is 1. The van der Waals surface area contributed by atoms with Crippen LogP contribution < -0.4 is 15.2 Å². The van der Waals surface area contributed by atoms with Crippen molar-refractivity contribution in [3.05, 3.63) is 81.9 Å². The molecule has 0 aliphatic carbocycles. The molecule has 0 saturated carbocycles. The molecule has 5 rings (SSSR count). The second-order valence-corrected chi connectivity index (χ2v) is 11.0. The van der Waals surface area contributed by atoms with Gasteiger partial charge in [0, 0.05) is 35.3 Å². The third kappa shape index (κ3) is 5.41. The Balaban J connectivity index is 1.57. The highest BCUT2D eigenvalue weighted by Gasteiger charge is 2.48. The van der Waals surface area contributed by atoms with Crippen LogP contribution in [-0.4, -0.2) is 31.5 Å². The van der Waals surface area contributed by atoms with Crippen LogP contribution in [0.5, 0.6) is 11.5 Å². The minimum atomic E-state index is -0.887. The fourth-order valence-corrected chi connectivity index (χ4v) is 6.20.